The van der Waals surface area contributed by atoms with Gasteiger partial charge in [0.2, 0.25) is 0 Å². The molecule has 0 saturated heterocycles. The topological polar surface area (TPSA) is 86.9 Å². The second-order valence-electron chi connectivity index (χ2n) is 5.37. The van der Waals surface area contributed by atoms with E-state index in [4.69, 9.17) is 4.74 Å². The Kier molecular flexibility index (Phi) is 3.82. The van der Waals surface area contributed by atoms with Crippen molar-refractivity contribution in [2.75, 3.05) is 11.9 Å². The van der Waals surface area contributed by atoms with Crippen molar-refractivity contribution in [2.24, 2.45) is 0 Å². The Balaban J connectivity index is 1.81. The predicted octanol–water partition coefficient (Wildman–Crippen LogP) is 2.10. The van der Waals surface area contributed by atoms with Gasteiger partial charge in [0.05, 0.1) is 18.7 Å². The van der Waals surface area contributed by atoms with Gasteiger partial charge in [-0.2, -0.15) is 4.98 Å². The van der Waals surface area contributed by atoms with E-state index in [0.717, 1.165) is 24.5 Å². The molecular weight excluding hydrogens is 284 g/mol. The fourth-order valence-electron chi connectivity index (χ4n) is 2.95. The quantitative estimate of drug-likeness (QED) is 0.938. The summed E-state index contributed by atoms with van der Waals surface area (Å²) >= 11 is 0. The fourth-order valence-corrected chi connectivity index (χ4v) is 2.95. The molecule has 0 saturated carbocycles. The van der Waals surface area contributed by atoms with Crippen LogP contribution in [0.25, 0.3) is 0 Å². The number of hydrogen-bond donors (Lipinski definition) is 1. The second-order valence-corrected chi connectivity index (χ2v) is 5.37. The van der Waals surface area contributed by atoms with E-state index >= 15 is 0 Å². The van der Waals surface area contributed by atoms with Crippen molar-refractivity contribution in [3.8, 4) is 0 Å². The van der Waals surface area contributed by atoms with Crippen LogP contribution < -0.4 is 5.32 Å². The van der Waals surface area contributed by atoms with E-state index in [1.807, 2.05) is 24.0 Å². The van der Waals surface area contributed by atoms with Crippen molar-refractivity contribution in [1.29, 1.82) is 0 Å². The molecule has 1 N–H and O–H groups in total. The first-order chi connectivity index (χ1) is 10.6. The molecule has 2 aromatic heterocycles. The molecule has 0 spiro atoms. The Morgan fingerprint density at radius 3 is 3.05 bits per heavy atom. The highest BCUT2D eigenvalue weighted by Crippen LogP contribution is 2.33. The maximum Gasteiger partial charge on any atom is 0.414 e. The van der Waals surface area contributed by atoms with Gasteiger partial charge in [-0.15, -0.1) is 5.10 Å². The molecule has 1 amide bonds. The third-order valence-corrected chi connectivity index (χ3v) is 4.02. The molecular formula is C14H20N6O2. The van der Waals surface area contributed by atoms with E-state index < -0.39 is 6.09 Å². The number of imidazole rings is 1. The smallest absolute Gasteiger partial charge is 0.414 e. The molecule has 1 aliphatic heterocycles. The average molecular weight is 304 g/mol. The molecule has 0 radical (unpaired) electrons. The van der Waals surface area contributed by atoms with Crippen molar-refractivity contribution in [1.82, 2.24) is 24.3 Å². The number of hydrogen-bond acceptors (Lipinski definition) is 5. The summed E-state index contributed by atoms with van der Waals surface area (Å²) in [6.45, 7) is 6.18. The van der Waals surface area contributed by atoms with Gasteiger partial charge in [-0.05, 0) is 27.2 Å². The van der Waals surface area contributed by atoms with Crippen LogP contribution in [0.4, 0.5) is 10.7 Å². The molecule has 8 nitrogen and oxygen atoms in total. The van der Waals surface area contributed by atoms with Crippen molar-refractivity contribution >= 4 is 12.0 Å². The highest BCUT2D eigenvalue weighted by molar-refractivity contribution is 5.82. The summed E-state index contributed by atoms with van der Waals surface area (Å²) < 4.78 is 8.91. The monoisotopic (exact) mass is 304 g/mol. The molecule has 2 unspecified atom stereocenters. The lowest BCUT2D eigenvalue weighted by Crippen LogP contribution is -2.28. The van der Waals surface area contributed by atoms with Crippen molar-refractivity contribution < 1.29 is 9.53 Å². The van der Waals surface area contributed by atoms with Gasteiger partial charge in [0, 0.05) is 18.8 Å². The van der Waals surface area contributed by atoms with E-state index in [-0.39, 0.29) is 12.1 Å². The molecule has 22 heavy (non-hydrogen) atoms. The van der Waals surface area contributed by atoms with E-state index in [9.17, 15) is 4.79 Å². The van der Waals surface area contributed by atoms with Crippen LogP contribution in [0.5, 0.6) is 0 Å². The Morgan fingerprint density at radius 2 is 2.36 bits per heavy atom. The van der Waals surface area contributed by atoms with Crippen molar-refractivity contribution in [2.45, 2.75) is 45.7 Å². The summed E-state index contributed by atoms with van der Waals surface area (Å²) in [4.78, 5) is 20.1. The minimum absolute atomic E-state index is 0.141. The number of fused-ring (bicyclic) bond motifs is 1. The minimum Gasteiger partial charge on any atom is -0.450 e. The zero-order chi connectivity index (χ0) is 15.7. The number of rotatable bonds is 3. The first-order valence-electron chi connectivity index (χ1n) is 7.48. The average Bonchev–Trinajstić information content (AvgIpc) is 3.06. The molecule has 3 rings (SSSR count). The molecule has 0 bridgehead atoms. The number of nitrogens with zero attached hydrogens (tertiary/aromatic N) is 5. The van der Waals surface area contributed by atoms with Crippen LogP contribution in [0.15, 0.2) is 12.4 Å². The fraction of sp³-hybridized carbons (Fsp3) is 0.571. The van der Waals surface area contributed by atoms with Crippen molar-refractivity contribution in [3.05, 3.63) is 24.0 Å². The number of carbonyl (C=O) groups excluding carboxylic acids is 1. The lowest BCUT2D eigenvalue weighted by atomic mass is 10.00. The third-order valence-electron chi connectivity index (χ3n) is 4.02. The van der Waals surface area contributed by atoms with Gasteiger partial charge in [0.25, 0.3) is 5.95 Å². The van der Waals surface area contributed by atoms with Crippen LogP contribution in [0.3, 0.4) is 0 Å². The summed E-state index contributed by atoms with van der Waals surface area (Å²) in [5.41, 5.74) is 0. The van der Waals surface area contributed by atoms with E-state index in [1.54, 1.807) is 6.92 Å². The number of carbonyl (C=O) groups is 1. The van der Waals surface area contributed by atoms with E-state index in [0.29, 0.717) is 12.6 Å². The van der Waals surface area contributed by atoms with E-state index in [1.165, 1.54) is 0 Å². The van der Waals surface area contributed by atoms with Gasteiger partial charge in [-0.25, -0.2) is 14.5 Å². The molecule has 1 aliphatic rings. The van der Waals surface area contributed by atoms with Gasteiger partial charge in [-0.3, -0.25) is 5.32 Å². The van der Waals surface area contributed by atoms with Gasteiger partial charge < -0.3 is 9.30 Å². The summed E-state index contributed by atoms with van der Waals surface area (Å²) in [6.07, 6.45) is 5.06. The van der Waals surface area contributed by atoms with Crippen LogP contribution in [0.1, 0.15) is 44.0 Å². The minimum atomic E-state index is -0.528. The lowest BCUT2D eigenvalue weighted by molar-refractivity contribution is 0.167. The Labute approximate surface area is 128 Å². The molecule has 0 fully saturated rings. The van der Waals surface area contributed by atoms with Gasteiger partial charge >= 0.3 is 6.09 Å². The summed E-state index contributed by atoms with van der Waals surface area (Å²) in [5.74, 6) is 2.17. The maximum absolute atomic E-state index is 11.5. The van der Waals surface area contributed by atoms with Crippen LogP contribution in [-0.4, -0.2) is 37.0 Å². The number of ether oxygens (including phenoxy) is 1. The normalized spacial score (nSPS) is 20.5. The molecule has 0 aromatic carbocycles. The van der Waals surface area contributed by atoms with Crippen LogP contribution in [0, 0.1) is 6.92 Å². The molecule has 2 aromatic rings. The first kappa shape index (κ1) is 14.6. The summed E-state index contributed by atoms with van der Waals surface area (Å²) in [6, 6.07) is 0.425. The SMILES string of the molecule is CCOC(=O)Nc1nc2n(n1)C(C)C(n1ccnc1C)CC2. The highest BCUT2D eigenvalue weighted by Gasteiger charge is 2.30. The molecule has 0 aliphatic carbocycles. The van der Waals surface area contributed by atoms with Crippen LogP contribution in [-0.2, 0) is 11.2 Å². The Morgan fingerprint density at radius 1 is 1.55 bits per heavy atom. The van der Waals surface area contributed by atoms with Crippen LogP contribution in [0.2, 0.25) is 0 Å². The first-order valence-corrected chi connectivity index (χ1v) is 7.48. The third kappa shape index (κ3) is 2.56. The molecule has 2 atom stereocenters. The van der Waals surface area contributed by atoms with Gasteiger partial charge in [0.15, 0.2) is 0 Å². The number of amides is 1. The largest absolute Gasteiger partial charge is 0.450 e. The second kappa shape index (κ2) is 5.78. The highest BCUT2D eigenvalue weighted by atomic mass is 16.5. The Bertz CT molecular complexity index is 677. The number of nitrogens with one attached hydrogen (secondary N) is 1. The van der Waals surface area contributed by atoms with Gasteiger partial charge in [-0.1, -0.05) is 0 Å². The van der Waals surface area contributed by atoms with Crippen molar-refractivity contribution in [3.63, 3.8) is 0 Å². The molecule has 118 valence electrons. The lowest BCUT2D eigenvalue weighted by Gasteiger charge is -2.31. The summed E-state index contributed by atoms with van der Waals surface area (Å²) in [5, 5.41) is 6.96. The van der Waals surface area contributed by atoms with Gasteiger partial charge in [0.1, 0.15) is 11.6 Å². The number of anilines is 1. The zero-order valence-corrected chi connectivity index (χ0v) is 13.0. The van der Waals surface area contributed by atoms with E-state index in [2.05, 4.69) is 31.9 Å². The Hall–Kier alpha value is -2.38. The zero-order valence-electron chi connectivity index (χ0n) is 13.0. The predicted molar refractivity (Wildman–Crippen MR) is 79.7 cm³/mol. The van der Waals surface area contributed by atoms with Crippen LogP contribution >= 0.6 is 0 Å². The molecule has 3 heterocycles. The number of aryl methyl sites for hydroxylation is 2. The standard InChI is InChI=1S/C14H20N6O2/c1-4-22-14(21)17-13-16-12-6-5-11(9(2)20(12)18-13)19-8-7-15-10(19)3/h7-9,11H,4-6H2,1-3H3,(H,17,18,21). The summed E-state index contributed by atoms with van der Waals surface area (Å²) in [7, 11) is 0. The maximum atomic E-state index is 11.5. The molecule has 8 heteroatoms. The number of aromatic nitrogens is 5.